The van der Waals surface area contributed by atoms with Gasteiger partial charge in [0.2, 0.25) is 0 Å². The number of hydrogen-bond donors (Lipinski definition) is 2. The summed E-state index contributed by atoms with van der Waals surface area (Å²) >= 11 is 0. The summed E-state index contributed by atoms with van der Waals surface area (Å²) in [5.74, 6) is -0.521. The first-order chi connectivity index (χ1) is 13.2. The summed E-state index contributed by atoms with van der Waals surface area (Å²) in [4.78, 5) is 16.1. The Morgan fingerprint density at radius 3 is 2.41 bits per heavy atom. The molecule has 5 heteroatoms. The average Bonchev–Trinajstić information content (AvgIpc) is 2.72. The third-order valence-corrected chi connectivity index (χ3v) is 4.92. The second kappa shape index (κ2) is 10.0. The first-order valence-electron chi connectivity index (χ1n) is 9.42. The fourth-order valence-corrected chi connectivity index (χ4v) is 3.37. The highest BCUT2D eigenvalue weighted by atomic mass is 16.5. The molecule has 2 aromatic rings. The normalized spacial score (nSPS) is 15.9. The van der Waals surface area contributed by atoms with Crippen molar-refractivity contribution in [1.29, 1.82) is 0 Å². The van der Waals surface area contributed by atoms with E-state index in [0.717, 1.165) is 51.3 Å². The number of benzene rings is 2. The van der Waals surface area contributed by atoms with E-state index < -0.39 is 5.91 Å². The fourth-order valence-electron chi connectivity index (χ4n) is 3.37. The van der Waals surface area contributed by atoms with Crippen molar-refractivity contribution >= 4 is 12.0 Å². The Morgan fingerprint density at radius 2 is 1.67 bits per heavy atom. The third kappa shape index (κ3) is 6.32. The van der Waals surface area contributed by atoms with Gasteiger partial charge in [0.05, 0.1) is 0 Å². The second-order valence-electron chi connectivity index (χ2n) is 6.91. The summed E-state index contributed by atoms with van der Waals surface area (Å²) in [6.45, 7) is 6.38. The number of nitrogens with one attached hydrogen (secondary N) is 1. The van der Waals surface area contributed by atoms with E-state index >= 15 is 0 Å². The molecule has 0 radical (unpaired) electrons. The van der Waals surface area contributed by atoms with E-state index in [2.05, 4.69) is 52.3 Å². The van der Waals surface area contributed by atoms with E-state index in [1.807, 2.05) is 12.1 Å². The standard InChI is InChI=1S/C22H27N3O2/c26-22(23-27)10-9-20-7-4-8-21(17-20)18-25-15-13-24(14-16-25)12-11-19-5-2-1-3-6-19/h1-10,17,27H,11-16,18H2,(H,23,26). The van der Waals surface area contributed by atoms with Gasteiger partial charge in [-0.15, -0.1) is 0 Å². The molecule has 1 aliphatic heterocycles. The van der Waals surface area contributed by atoms with Gasteiger partial charge in [-0.2, -0.15) is 0 Å². The van der Waals surface area contributed by atoms with Crippen LogP contribution in [0.2, 0.25) is 0 Å². The van der Waals surface area contributed by atoms with Crippen LogP contribution in [0, 0.1) is 0 Å². The van der Waals surface area contributed by atoms with Crippen LogP contribution in [0.4, 0.5) is 0 Å². The number of carbonyl (C=O) groups is 1. The molecule has 0 unspecified atom stereocenters. The molecule has 0 spiro atoms. The summed E-state index contributed by atoms with van der Waals surface area (Å²) < 4.78 is 0. The van der Waals surface area contributed by atoms with Gasteiger partial charge in [0.15, 0.2) is 0 Å². The Bertz CT molecular complexity index is 753. The van der Waals surface area contributed by atoms with Crippen LogP contribution in [0.3, 0.4) is 0 Å². The predicted molar refractivity (Wildman–Crippen MR) is 107 cm³/mol. The summed E-state index contributed by atoms with van der Waals surface area (Å²) in [6.07, 6.45) is 4.14. The number of carbonyl (C=O) groups excluding carboxylic acids is 1. The Labute approximate surface area is 160 Å². The molecule has 1 saturated heterocycles. The van der Waals surface area contributed by atoms with Crippen molar-refractivity contribution < 1.29 is 10.0 Å². The van der Waals surface area contributed by atoms with Crippen molar-refractivity contribution in [2.75, 3.05) is 32.7 Å². The van der Waals surface area contributed by atoms with Crippen LogP contribution in [0.1, 0.15) is 16.7 Å². The Kier molecular flexibility index (Phi) is 7.16. The lowest BCUT2D eigenvalue weighted by Gasteiger charge is -2.34. The van der Waals surface area contributed by atoms with Gasteiger partial charge in [-0.3, -0.25) is 14.9 Å². The zero-order valence-corrected chi connectivity index (χ0v) is 15.6. The molecule has 1 heterocycles. The second-order valence-corrected chi connectivity index (χ2v) is 6.91. The quantitative estimate of drug-likeness (QED) is 0.450. The molecule has 142 valence electrons. The smallest absolute Gasteiger partial charge is 0.267 e. The number of nitrogens with zero attached hydrogens (tertiary/aromatic N) is 2. The van der Waals surface area contributed by atoms with Gasteiger partial charge in [-0.1, -0.05) is 54.6 Å². The molecule has 3 rings (SSSR count). The summed E-state index contributed by atoms with van der Waals surface area (Å²) in [6, 6.07) is 18.8. The van der Waals surface area contributed by atoms with Gasteiger partial charge < -0.3 is 4.90 Å². The summed E-state index contributed by atoms with van der Waals surface area (Å²) in [5.41, 5.74) is 5.20. The van der Waals surface area contributed by atoms with Crippen molar-refractivity contribution in [3.63, 3.8) is 0 Å². The highest BCUT2D eigenvalue weighted by Gasteiger charge is 2.16. The van der Waals surface area contributed by atoms with Crippen molar-refractivity contribution in [2.45, 2.75) is 13.0 Å². The summed E-state index contributed by atoms with van der Waals surface area (Å²) in [5, 5.41) is 8.55. The van der Waals surface area contributed by atoms with Gasteiger partial charge in [0.25, 0.3) is 5.91 Å². The van der Waals surface area contributed by atoms with Crippen LogP contribution in [0.15, 0.2) is 60.7 Å². The lowest BCUT2D eigenvalue weighted by atomic mass is 10.1. The minimum absolute atomic E-state index is 0.521. The molecule has 1 fully saturated rings. The topological polar surface area (TPSA) is 55.8 Å². The lowest BCUT2D eigenvalue weighted by molar-refractivity contribution is -0.124. The van der Waals surface area contributed by atoms with E-state index in [-0.39, 0.29) is 0 Å². The average molecular weight is 365 g/mol. The van der Waals surface area contributed by atoms with Crippen LogP contribution >= 0.6 is 0 Å². The molecule has 2 aromatic carbocycles. The van der Waals surface area contributed by atoms with E-state index in [1.165, 1.54) is 17.2 Å². The zero-order valence-electron chi connectivity index (χ0n) is 15.6. The first kappa shape index (κ1) is 19.3. The van der Waals surface area contributed by atoms with Crippen LogP contribution in [0.25, 0.3) is 6.08 Å². The largest absolute Gasteiger partial charge is 0.300 e. The van der Waals surface area contributed by atoms with Gasteiger partial charge in [0, 0.05) is 45.3 Å². The fraction of sp³-hybridized carbons (Fsp3) is 0.318. The predicted octanol–water partition coefficient (Wildman–Crippen LogP) is 2.57. The Hall–Kier alpha value is -2.47. The molecule has 5 nitrogen and oxygen atoms in total. The van der Waals surface area contributed by atoms with Crippen molar-refractivity contribution in [3.05, 3.63) is 77.4 Å². The summed E-state index contributed by atoms with van der Waals surface area (Å²) in [7, 11) is 0. The van der Waals surface area contributed by atoms with E-state index in [1.54, 1.807) is 11.6 Å². The maximum Gasteiger partial charge on any atom is 0.267 e. The molecule has 0 bridgehead atoms. The highest BCUT2D eigenvalue weighted by molar-refractivity contribution is 5.90. The Morgan fingerprint density at radius 1 is 0.963 bits per heavy atom. The molecule has 1 amide bonds. The number of hydroxylamine groups is 1. The number of hydrogen-bond acceptors (Lipinski definition) is 4. The molecule has 27 heavy (non-hydrogen) atoms. The number of amides is 1. The van der Waals surface area contributed by atoms with Gasteiger partial charge in [-0.25, -0.2) is 5.48 Å². The maximum atomic E-state index is 11.1. The molecule has 1 aliphatic rings. The lowest BCUT2D eigenvalue weighted by Crippen LogP contribution is -2.46. The van der Waals surface area contributed by atoms with Crippen molar-refractivity contribution in [1.82, 2.24) is 15.3 Å². The first-order valence-corrected chi connectivity index (χ1v) is 9.42. The number of piperazine rings is 1. The van der Waals surface area contributed by atoms with Gasteiger partial charge in [0.1, 0.15) is 0 Å². The van der Waals surface area contributed by atoms with E-state index in [9.17, 15) is 4.79 Å². The van der Waals surface area contributed by atoms with Crippen LogP contribution in [0.5, 0.6) is 0 Å². The maximum absolute atomic E-state index is 11.1. The molecule has 0 aromatic heterocycles. The third-order valence-electron chi connectivity index (χ3n) is 4.92. The monoisotopic (exact) mass is 365 g/mol. The van der Waals surface area contributed by atoms with Crippen molar-refractivity contribution in [3.8, 4) is 0 Å². The van der Waals surface area contributed by atoms with E-state index in [0.29, 0.717) is 0 Å². The van der Waals surface area contributed by atoms with Crippen LogP contribution < -0.4 is 5.48 Å². The van der Waals surface area contributed by atoms with Gasteiger partial charge in [-0.05, 0) is 29.2 Å². The Balaban J connectivity index is 1.45. The molecule has 0 aliphatic carbocycles. The highest BCUT2D eigenvalue weighted by Crippen LogP contribution is 2.12. The van der Waals surface area contributed by atoms with E-state index in [4.69, 9.17) is 5.21 Å². The molecule has 0 atom stereocenters. The van der Waals surface area contributed by atoms with Crippen LogP contribution in [-0.4, -0.2) is 53.6 Å². The van der Waals surface area contributed by atoms with Gasteiger partial charge >= 0.3 is 0 Å². The zero-order chi connectivity index (χ0) is 18.9. The minimum atomic E-state index is -0.521. The molecular formula is C22H27N3O2. The molecule has 0 saturated carbocycles. The van der Waals surface area contributed by atoms with Crippen LogP contribution in [-0.2, 0) is 17.8 Å². The molecular weight excluding hydrogens is 338 g/mol. The number of rotatable bonds is 7. The SMILES string of the molecule is O=C(C=Cc1cccc(CN2CCN(CCc3ccccc3)CC2)c1)NO. The van der Waals surface area contributed by atoms with Crippen molar-refractivity contribution in [2.24, 2.45) is 0 Å². The molecule has 2 N–H and O–H groups in total. The minimum Gasteiger partial charge on any atom is -0.300 e.